The van der Waals surface area contributed by atoms with E-state index in [1.54, 1.807) is 6.92 Å². The lowest BCUT2D eigenvalue weighted by molar-refractivity contribution is -0.152. The number of methoxy groups -OCH3 is 1. The highest BCUT2D eigenvalue weighted by Gasteiger charge is 2.48. The number of rotatable bonds is 3. The molecule has 0 radical (unpaired) electrons. The molecule has 4 nitrogen and oxygen atoms in total. The summed E-state index contributed by atoms with van der Waals surface area (Å²) in [6, 6.07) is 0. The lowest BCUT2D eigenvalue weighted by Crippen LogP contribution is -2.30. The number of Topliss-reactive ketones (excluding diaryl/α,β-unsaturated/α-hetero) is 1. The van der Waals surface area contributed by atoms with Crippen LogP contribution in [0.25, 0.3) is 0 Å². The van der Waals surface area contributed by atoms with E-state index >= 15 is 0 Å². The maximum atomic E-state index is 11.3. The summed E-state index contributed by atoms with van der Waals surface area (Å²) < 4.78 is 9.85. The first-order valence-corrected chi connectivity index (χ1v) is 4.22. The van der Waals surface area contributed by atoms with E-state index in [2.05, 4.69) is 0 Å². The summed E-state index contributed by atoms with van der Waals surface area (Å²) in [4.78, 5) is 22.5. The van der Waals surface area contributed by atoms with Gasteiger partial charge in [-0.3, -0.25) is 9.59 Å². The Morgan fingerprint density at radius 2 is 2.38 bits per heavy atom. The van der Waals surface area contributed by atoms with Crippen molar-refractivity contribution in [1.82, 2.24) is 0 Å². The van der Waals surface area contributed by atoms with Crippen LogP contribution < -0.4 is 0 Å². The Balaban J connectivity index is 2.71. The number of ketones is 1. The third-order valence-corrected chi connectivity index (χ3v) is 2.49. The van der Waals surface area contributed by atoms with Gasteiger partial charge in [0.25, 0.3) is 0 Å². The van der Waals surface area contributed by atoms with Crippen LogP contribution in [0.5, 0.6) is 0 Å². The van der Waals surface area contributed by atoms with Gasteiger partial charge in [-0.1, -0.05) is 0 Å². The van der Waals surface area contributed by atoms with Crippen LogP contribution in [0.3, 0.4) is 0 Å². The topological polar surface area (TPSA) is 52.6 Å². The highest BCUT2D eigenvalue weighted by Crippen LogP contribution is 2.34. The highest BCUT2D eigenvalue weighted by atomic mass is 16.6. The van der Waals surface area contributed by atoms with E-state index in [0.717, 1.165) is 0 Å². The van der Waals surface area contributed by atoms with Gasteiger partial charge in [-0.2, -0.15) is 0 Å². The number of cyclic esters (lactones) is 1. The second-order valence-corrected chi connectivity index (χ2v) is 3.58. The van der Waals surface area contributed by atoms with Gasteiger partial charge < -0.3 is 9.47 Å². The van der Waals surface area contributed by atoms with Crippen molar-refractivity contribution >= 4 is 11.8 Å². The minimum Gasteiger partial charge on any atom is -0.459 e. The molecule has 4 heteroatoms. The maximum Gasteiger partial charge on any atom is 0.319 e. The Morgan fingerprint density at radius 1 is 1.77 bits per heavy atom. The Morgan fingerprint density at radius 3 is 2.77 bits per heavy atom. The van der Waals surface area contributed by atoms with Crippen LogP contribution in [-0.2, 0) is 19.1 Å². The van der Waals surface area contributed by atoms with E-state index in [1.807, 2.05) is 0 Å². The fraction of sp³-hybridized carbons (Fsp3) is 0.778. The lowest BCUT2D eigenvalue weighted by atomic mass is 9.83. The van der Waals surface area contributed by atoms with Gasteiger partial charge in [-0.15, -0.1) is 0 Å². The molecule has 0 aromatic heterocycles. The second-order valence-electron chi connectivity index (χ2n) is 3.58. The molecule has 0 bridgehead atoms. The van der Waals surface area contributed by atoms with Gasteiger partial charge in [0, 0.05) is 13.5 Å². The molecule has 0 amide bonds. The van der Waals surface area contributed by atoms with Gasteiger partial charge >= 0.3 is 5.97 Å². The van der Waals surface area contributed by atoms with Crippen LogP contribution in [0.1, 0.15) is 20.3 Å². The van der Waals surface area contributed by atoms with Crippen LogP contribution in [0.2, 0.25) is 0 Å². The van der Waals surface area contributed by atoms with Crippen LogP contribution in [0.15, 0.2) is 0 Å². The number of hydrogen-bond donors (Lipinski definition) is 0. The highest BCUT2D eigenvalue weighted by molar-refractivity contribution is 6.03. The molecule has 0 aromatic rings. The molecule has 0 aromatic carbocycles. The summed E-state index contributed by atoms with van der Waals surface area (Å²) in [7, 11) is 1.54. The van der Waals surface area contributed by atoms with Gasteiger partial charge in [-0.25, -0.2) is 0 Å². The van der Waals surface area contributed by atoms with E-state index in [4.69, 9.17) is 9.47 Å². The fourth-order valence-electron chi connectivity index (χ4n) is 1.43. The second kappa shape index (κ2) is 3.46. The van der Waals surface area contributed by atoms with Gasteiger partial charge in [0.1, 0.15) is 17.3 Å². The Hall–Kier alpha value is -0.900. The maximum absolute atomic E-state index is 11.3. The minimum atomic E-state index is -0.955. The zero-order chi connectivity index (χ0) is 10.1. The Bertz CT molecular complexity index is 236. The average Bonchev–Trinajstić information content (AvgIpc) is 2.29. The first kappa shape index (κ1) is 10.2. The number of hydrogen-bond acceptors (Lipinski definition) is 4. The molecule has 2 atom stereocenters. The molecule has 0 spiro atoms. The van der Waals surface area contributed by atoms with Crippen molar-refractivity contribution in [2.75, 3.05) is 13.7 Å². The molecule has 1 rings (SSSR count). The van der Waals surface area contributed by atoms with Crippen LogP contribution >= 0.6 is 0 Å². The fourth-order valence-corrected chi connectivity index (χ4v) is 1.43. The predicted octanol–water partition coefficient (Wildman–Crippen LogP) is 0.544. The first-order chi connectivity index (χ1) is 6.00. The Labute approximate surface area is 77.2 Å². The van der Waals surface area contributed by atoms with Crippen molar-refractivity contribution in [1.29, 1.82) is 0 Å². The lowest BCUT2D eigenvalue weighted by Gasteiger charge is -2.13. The molecule has 0 N–H and O–H groups in total. The van der Waals surface area contributed by atoms with Gasteiger partial charge in [0.2, 0.25) is 0 Å². The predicted molar refractivity (Wildman–Crippen MR) is 45.2 cm³/mol. The molecule has 1 heterocycles. The van der Waals surface area contributed by atoms with E-state index in [-0.39, 0.29) is 11.9 Å². The van der Waals surface area contributed by atoms with E-state index in [9.17, 15) is 9.59 Å². The molecule has 1 saturated heterocycles. The molecular formula is C9H14O4. The smallest absolute Gasteiger partial charge is 0.319 e. The average molecular weight is 186 g/mol. The van der Waals surface area contributed by atoms with Crippen molar-refractivity contribution in [3.8, 4) is 0 Å². The monoisotopic (exact) mass is 186 g/mol. The van der Waals surface area contributed by atoms with Crippen LogP contribution in [0.4, 0.5) is 0 Å². The SMILES string of the molecule is COC[C@H]1C[C@@](C)(C(C)=O)C(=O)O1. The van der Waals surface area contributed by atoms with Gasteiger partial charge in [0.05, 0.1) is 6.61 Å². The third kappa shape index (κ3) is 1.72. The zero-order valence-electron chi connectivity index (χ0n) is 8.12. The minimum absolute atomic E-state index is 0.142. The van der Waals surface area contributed by atoms with E-state index in [0.29, 0.717) is 13.0 Å². The zero-order valence-corrected chi connectivity index (χ0v) is 8.12. The summed E-state index contributed by atoms with van der Waals surface area (Å²) in [5.74, 6) is -0.571. The summed E-state index contributed by atoms with van der Waals surface area (Å²) in [6.45, 7) is 3.39. The number of esters is 1. The van der Waals surface area contributed by atoms with Crippen LogP contribution in [0, 0.1) is 5.41 Å². The van der Waals surface area contributed by atoms with Crippen molar-refractivity contribution in [3.63, 3.8) is 0 Å². The summed E-state index contributed by atoms with van der Waals surface area (Å²) >= 11 is 0. The van der Waals surface area contributed by atoms with Crippen LogP contribution in [-0.4, -0.2) is 31.6 Å². The third-order valence-electron chi connectivity index (χ3n) is 2.49. The molecule has 1 aliphatic rings. The van der Waals surface area contributed by atoms with E-state index in [1.165, 1.54) is 14.0 Å². The normalized spacial score (nSPS) is 33.2. The summed E-state index contributed by atoms with van der Waals surface area (Å²) in [5.41, 5.74) is -0.955. The molecule has 0 saturated carbocycles. The number of ether oxygens (including phenoxy) is 2. The van der Waals surface area contributed by atoms with Crippen molar-refractivity contribution in [3.05, 3.63) is 0 Å². The number of carbonyl (C=O) groups excluding carboxylic acids is 2. The summed E-state index contributed by atoms with van der Waals surface area (Å²) in [5, 5.41) is 0. The molecular weight excluding hydrogens is 172 g/mol. The molecule has 0 aliphatic carbocycles. The largest absolute Gasteiger partial charge is 0.459 e. The molecule has 13 heavy (non-hydrogen) atoms. The Kier molecular flexibility index (Phi) is 2.71. The van der Waals surface area contributed by atoms with Crippen molar-refractivity contribution < 1.29 is 19.1 Å². The van der Waals surface area contributed by atoms with Gasteiger partial charge in [0.15, 0.2) is 0 Å². The molecule has 0 unspecified atom stereocenters. The van der Waals surface area contributed by atoms with Crippen molar-refractivity contribution in [2.24, 2.45) is 5.41 Å². The van der Waals surface area contributed by atoms with Gasteiger partial charge in [-0.05, 0) is 13.8 Å². The molecule has 74 valence electrons. The molecule has 1 fully saturated rings. The van der Waals surface area contributed by atoms with Crippen molar-refractivity contribution in [2.45, 2.75) is 26.4 Å². The quantitative estimate of drug-likeness (QED) is 0.477. The molecule has 1 aliphatic heterocycles. The summed E-state index contributed by atoms with van der Waals surface area (Å²) in [6.07, 6.45) is 0.154. The van der Waals surface area contributed by atoms with E-state index < -0.39 is 11.4 Å². The first-order valence-electron chi connectivity index (χ1n) is 4.22. The number of carbonyl (C=O) groups is 2. The standard InChI is InChI=1S/C9H14O4/c1-6(10)9(2)4-7(5-12-3)13-8(9)11/h7H,4-5H2,1-3H3/t7-,9+/m1/s1.